The average Bonchev–Trinajstić information content (AvgIpc) is 2.95. The van der Waals surface area contributed by atoms with Gasteiger partial charge in [-0.25, -0.2) is 0 Å². The third-order valence-corrected chi connectivity index (χ3v) is 6.85. The lowest BCUT2D eigenvalue weighted by atomic mass is 10.1. The van der Waals surface area contributed by atoms with Crippen molar-refractivity contribution >= 4 is 29.5 Å². The van der Waals surface area contributed by atoms with E-state index in [4.69, 9.17) is 9.47 Å². The van der Waals surface area contributed by atoms with E-state index in [9.17, 15) is 24.0 Å². The molecule has 0 saturated carbocycles. The van der Waals surface area contributed by atoms with Crippen molar-refractivity contribution in [3.63, 3.8) is 0 Å². The number of aryl methyl sites for hydroxylation is 1. The molecule has 1 atom stereocenters. The Morgan fingerprint density at radius 1 is 1.02 bits per heavy atom. The molecular formula is C29H45N5O7. The summed E-state index contributed by atoms with van der Waals surface area (Å²) in [4.78, 5) is 67.4. The molecule has 2 N–H and O–H groups in total. The Balaban J connectivity index is 2.11. The molecule has 0 spiro atoms. The average molecular weight is 576 g/mol. The lowest BCUT2D eigenvalue weighted by Gasteiger charge is -2.25. The minimum Gasteiger partial charge on any atom is -0.493 e. The fourth-order valence-corrected chi connectivity index (χ4v) is 4.37. The molecule has 228 valence electrons. The summed E-state index contributed by atoms with van der Waals surface area (Å²) in [6.45, 7) is 3.13. The van der Waals surface area contributed by atoms with Gasteiger partial charge >= 0.3 is 0 Å². The van der Waals surface area contributed by atoms with Crippen LogP contribution in [0.5, 0.6) is 11.5 Å². The van der Waals surface area contributed by atoms with Crippen LogP contribution in [0.15, 0.2) is 18.2 Å². The maximum atomic E-state index is 12.9. The van der Waals surface area contributed by atoms with E-state index < -0.39 is 11.9 Å². The van der Waals surface area contributed by atoms with Crippen LogP contribution < -0.4 is 20.1 Å². The molecule has 1 heterocycles. The first-order valence-corrected chi connectivity index (χ1v) is 14.1. The van der Waals surface area contributed by atoms with Gasteiger partial charge in [0.25, 0.3) is 5.91 Å². The number of benzene rings is 1. The Labute approximate surface area is 242 Å². The van der Waals surface area contributed by atoms with Gasteiger partial charge < -0.3 is 34.8 Å². The zero-order valence-corrected chi connectivity index (χ0v) is 25.0. The molecule has 2 rings (SSSR count). The van der Waals surface area contributed by atoms with Gasteiger partial charge in [0, 0.05) is 66.6 Å². The molecule has 0 saturated heterocycles. The van der Waals surface area contributed by atoms with Crippen LogP contribution in [0.25, 0.3) is 0 Å². The summed E-state index contributed by atoms with van der Waals surface area (Å²) in [6.07, 6.45) is 2.86. The molecule has 1 aromatic rings. The van der Waals surface area contributed by atoms with Gasteiger partial charge in [-0.15, -0.1) is 0 Å². The molecule has 0 aliphatic carbocycles. The monoisotopic (exact) mass is 575 g/mol. The van der Waals surface area contributed by atoms with Gasteiger partial charge in [0.15, 0.2) is 18.1 Å². The number of likely N-dealkylation sites (N-methyl/N-ethyl adjacent to an activating group) is 1. The van der Waals surface area contributed by atoms with Crippen LogP contribution in [0.4, 0.5) is 0 Å². The maximum Gasteiger partial charge on any atom is 0.258 e. The van der Waals surface area contributed by atoms with E-state index in [2.05, 4.69) is 10.6 Å². The normalized spacial score (nSPS) is 18.7. The number of rotatable bonds is 4. The van der Waals surface area contributed by atoms with Crippen molar-refractivity contribution in [1.82, 2.24) is 25.3 Å². The summed E-state index contributed by atoms with van der Waals surface area (Å²) in [6, 6.07) is 4.54. The van der Waals surface area contributed by atoms with Gasteiger partial charge in [-0.2, -0.15) is 0 Å². The molecule has 12 heteroatoms. The summed E-state index contributed by atoms with van der Waals surface area (Å²) < 4.78 is 11.0. The molecule has 41 heavy (non-hydrogen) atoms. The van der Waals surface area contributed by atoms with Crippen molar-refractivity contribution in [3.8, 4) is 11.5 Å². The third kappa shape index (κ3) is 11.7. The highest BCUT2D eigenvalue weighted by atomic mass is 16.5. The zero-order chi connectivity index (χ0) is 30.4. The quantitative estimate of drug-likeness (QED) is 0.546. The number of hydrogen-bond acceptors (Lipinski definition) is 7. The second-order valence-electron chi connectivity index (χ2n) is 10.4. The summed E-state index contributed by atoms with van der Waals surface area (Å²) in [5.74, 6) is -0.186. The van der Waals surface area contributed by atoms with Crippen molar-refractivity contribution in [3.05, 3.63) is 23.8 Å². The molecule has 1 aliphatic rings. The number of amides is 5. The van der Waals surface area contributed by atoms with Gasteiger partial charge in [-0.3, -0.25) is 24.0 Å². The van der Waals surface area contributed by atoms with E-state index in [0.29, 0.717) is 63.4 Å². The molecule has 1 aliphatic heterocycles. The first kappa shape index (κ1) is 33.4. The highest BCUT2D eigenvalue weighted by molar-refractivity contribution is 5.87. The van der Waals surface area contributed by atoms with Crippen LogP contribution in [-0.2, 0) is 30.4 Å². The van der Waals surface area contributed by atoms with Crippen LogP contribution in [0.3, 0.4) is 0 Å². The van der Waals surface area contributed by atoms with Crippen molar-refractivity contribution in [2.75, 3.05) is 61.0 Å². The van der Waals surface area contributed by atoms with Gasteiger partial charge in [-0.1, -0.05) is 6.07 Å². The maximum absolute atomic E-state index is 12.9. The number of fused-ring (bicyclic) bond motifs is 2. The van der Waals surface area contributed by atoms with E-state index >= 15 is 0 Å². The number of ether oxygens (including phenoxy) is 2. The fraction of sp³-hybridized carbons (Fsp3) is 0.621. The van der Waals surface area contributed by atoms with Crippen LogP contribution in [0.2, 0.25) is 0 Å². The van der Waals surface area contributed by atoms with Gasteiger partial charge in [0.1, 0.15) is 6.04 Å². The first-order valence-electron chi connectivity index (χ1n) is 14.1. The van der Waals surface area contributed by atoms with Crippen LogP contribution in [0, 0.1) is 0 Å². The second-order valence-corrected chi connectivity index (χ2v) is 10.4. The number of carbonyl (C=O) groups is 5. The highest BCUT2D eigenvalue weighted by Crippen LogP contribution is 2.28. The molecule has 0 aromatic heterocycles. The Hall–Kier alpha value is -3.83. The second kappa shape index (κ2) is 17.1. The predicted molar refractivity (Wildman–Crippen MR) is 153 cm³/mol. The number of hydrogen-bond donors (Lipinski definition) is 2. The first-order chi connectivity index (χ1) is 19.5. The standard InChI is InChI=1S/C29H45N5O7/c1-21-29(39)33(4)16-6-7-17-34(28(38)14-13-27(37)32(2)3)18-8-15-30-25(35)12-10-22-9-11-23(40-5)24(19-22)41-20-26(36)31-21/h9,11,19,21H,6-8,10,12-18,20H2,1-5H3,(H,30,35)(H,31,36)/t21-/m0/s1. The lowest BCUT2D eigenvalue weighted by molar-refractivity contribution is -0.136. The minimum atomic E-state index is -0.743. The molecule has 0 fully saturated rings. The van der Waals surface area contributed by atoms with Gasteiger partial charge in [0.2, 0.25) is 23.6 Å². The Morgan fingerprint density at radius 2 is 1.73 bits per heavy atom. The minimum absolute atomic E-state index is 0.109. The van der Waals surface area contributed by atoms with E-state index in [0.717, 1.165) is 5.56 Å². The fourth-order valence-electron chi connectivity index (χ4n) is 4.37. The smallest absolute Gasteiger partial charge is 0.258 e. The SMILES string of the molecule is COc1ccc2cc1OCC(=O)N[C@@H](C)C(=O)N(C)CCCCN(C(=O)CCC(=O)N(C)C)CCCNC(=O)CC2. The molecule has 0 radical (unpaired) electrons. The van der Waals surface area contributed by atoms with E-state index in [1.807, 2.05) is 6.07 Å². The van der Waals surface area contributed by atoms with Gasteiger partial charge in [0.05, 0.1) is 7.11 Å². The van der Waals surface area contributed by atoms with Crippen molar-refractivity contribution in [1.29, 1.82) is 0 Å². The van der Waals surface area contributed by atoms with Crippen LogP contribution in [-0.4, -0.2) is 111 Å². The summed E-state index contributed by atoms with van der Waals surface area (Å²) in [5.41, 5.74) is 0.840. The van der Waals surface area contributed by atoms with Crippen molar-refractivity contribution in [2.24, 2.45) is 0 Å². The number of methoxy groups -OCH3 is 1. The summed E-state index contributed by atoms with van der Waals surface area (Å²) >= 11 is 0. The summed E-state index contributed by atoms with van der Waals surface area (Å²) in [5, 5.41) is 5.57. The molecule has 5 amide bonds. The Bertz CT molecular complexity index is 1060. The van der Waals surface area contributed by atoms with Gasteiger partial charge in [-0.05, 0) is 50.3 Å². The molecule has 2 bridgehead atoms. The van der Waals surface area contributed by atoms with E-state index in [-0.39, 0.29) is 49.5 Å². The number of nitrogens with one attached hydrogen (secondary N) is 2. The molecular weight excluding hydrogens is 530 g/mol. The van der Waals surface area contributed by atoms with Crippen molar-refractivity contribution < 1.29 is 33.4 Å². The Kier molecular flexibility index (Phi) is 13.9. The van der Waals surface area contributed by atoms with Crippen LogP contribution >= 0.6 is 0 Å². The third-order valence-electron chi connectivity index (χ3n) is 6.85. The van der Waals surface area contributed by atoms with Crippen molar-refractivity contribution in [2.45, 2.75) is 57.9 Å². The topological polar surface area (TPSA) is 138 Å². The van der Waals surface area contributed by atoms with Crippen LogP contribution in [0.1, 0.15) is 51.0 Å². The predicted octanol–water partition coefficient (Wildman–Crippen LogP) is 0.967. The largest absolute Gasteiger partial charge is 0.493 e. The molecule has 0 unspecified atom stereocenters. The highest BCUT2D eigenvalue weighted by Gasteiger charge is 2.21. The number of carbonyl (C=O) groups excluding carboxylic acids is 5. The van der Waals surface area contributed by atoms with E-state index in [1.54, 1.807) is 50.0 Å². The molecule has 12 nitrogen and oxygen atoms in total. The Morgan fingerprint density at radius 3 is 2.44 bits per heavy atom. The molecule has 1 aromatic carbocycles. The zero-order valence-electron chi connectivity index (χ0n) is 25.0. The lowest BCUT2D eigenvalue weighted by Crippen LogP contribution is -2.47. The summed E-state index contributed by atoms with van der Waals surface area (Å²) in [7, 11) is 6.49. The van der Waals surface area contributed by atoms with E-state index in [1.165, 1.54) is 12.0 Å². The number of nitrogens with zero attached hydrogens (tertiary/aromatic N) is 3.